The molecule has 1 rings (SSSR count). The van der Waals surface area contributed by atoms with Crippen LogP contribution in [-0.2, 0) is 6.54 Å². The van der Waals surface area contributed by atoms with Crippen molar-refractivity contribution in [1.82, 2.24) is 5.32 Å². The van der Waals surface area contributed by atoms with Crippen molar-refractivity contribution >= 4 is 28.3 Å². The summed E-state index contributed by atoms with van der Waals surface area (Å²) in [7, 11) is 1.60. The van der Waals surface area contributed by atoms with Gasteiger partial charge in [-0.05, 0) is 33.6 Å². The van der Waals surface area contributed by atoms with Gasteiger partial charge in [-0.3, -0.25) is 0 Å². The zero-order valence-electron chi connectivity index (χ0n) is 10.8. The van der Waals surface area contributed by atoms with E-state index >= 15 is 0 Å². The molecule has 0 spiro atoms. The van der Waals surface area contributed by atoms with E-state index in [0.29, 0.717) is 31.2 Å². The topological polar surface area (TPSA) is 50.7 Å². The molecule has 108 valence electrons. The lowest BCUT2D eigenvalue weighted by Crippen LogP contribution is -2.17. The van der Waals surface area contributed by atoms with Gasteiger partial charge in [0.1, 0.15) is 6.61 Å². The Morgan fingerprint density at radius 3 is 2.79 bits per heavy atom. The fourth-order valence-corrected chi connectivity index (χ4v) is 2.07. The van der Waals surface area contributed by atoms with Crippen molar-refractivity contribution in [1.29, 1.82) is 0 Å². The maximum absolute atomic E-state index is 8.72. The van der Waals surface area contributed by atoms with E-state index in [0.717, 1.165) is 10.0 Å². The summed E-state index contributed by atoms with van der Waals surface area (Å²) in [6, 6.07) is 3.87. The summed E-state index contributed by atoms with van der Waals surface area (Å²) in [4.78, 5) is 0. The molecule has 0 saturated heterocycles. The predicted octanol–water partition coefficient (Wildman–Crippen LogP) is 2.53. The van der Waals surface area contributed by atoms with E-state index < -0.39 is 0 Å². The molecule has 0 aliphatic heterocycles. The first-order chi connectivity index (χ1) is 8.72. The average Bonchev–Trinajstić information content (AvgIpc) is 2.37. The largest absolute Gasteiger partial charge is 0.493 e. The molecule has 0 aromatic heterocycles. The highest BCUT2D eigenvalue weighted by atomic mass is 79.9. The predicted molar refractivity (Wildman–Crippen MR) is 82.4 cm³/mol. The van der Waals surface area contributed by atoms with Crippen molar-refractivity contribution in [3.05, 3.63) is 34.8 Å². The summed E-state index contributed by atoms with van der Waals surface area (Å²) in [5.41, 5.74) is 1.05. The van der Waals surface area contributed by atoms with Crippen LogP contribution in [0.5, 0.6) is 11.5 Å². The van der Waals surface area contributed by atoms with Gasteiger partial charge in [0.2, 0.25) is 0 Å². The average molecular weight is 353 g/mol. The van der Waals surface area contributed by atoms with Gasteiger partial charge in [0.25, 0.3) is 0 Å². The molecule has 0 bridgehead atoms. The van der Waals surface area contributed by atoms with Gasteiger partial charge < -0.3 is 19.9 Å². The molecule has 0 saturated carbocycles. The molecule has 1 aromatic rings. The third-order valence-corrected chi connectivity index (χ3v) is 2.84. The van der Waals surface area contributed by atoms with Crippen molar-refractivity contribution in [3.63, 3.8) is 0 Å². The summed E-state index contributed by atoms with van der Waals surface area (Å²) in [6.45, 7) is 5.39. The van der Waals surface area contributed by atoms with Crippen LogP contribution in [0.4, 0.5) is 0 Å². The maximum atomic E-state index is 8.72. The summed E-state index contributed by atoms with van der Waals surface area (Å²) >= 11 is 3.46. The highest BCUT2D eigenvalue weighted by molar-refractivity contribution is 9.10. The van der Waals surface area contributed by atoms with E-state index in [-0.39, 0.29) is 19.0 Å². The minimum Gasteiger partial charge on any atom is -0.493 e. The standard InChI is InChI=1S/C13H18BrNO3.ClH/c1-3-6-18-13-11(14)7-10(8-12(13)17-2)9-15-4-5-16;/h3,7-8,15-16H,1,4-6,9H2,2H3;1H. The Morgan fingerprint density at radius 2 is 2.21 bits per heavy atom. The van der Waals surface area contributed by atoms with E-state index in [1.165, 1.54) is 0 Å². The van der Waals surface area contributed by atoms with Gasteiger partial charge in [-0.15, -0.1) is 12.4 Å². The first-order valence-corrected chi connectivity index (χ1v) is 6.44. The molecule has 1 aromatic carbocycles. The number of hydrogen-bond donors (Lipinski definition) is 2. The number of ether oxygens (including phenoxy) is 2. The summed E-state index contributed by atoms with van der Waals surface area (Å²) in [6.07, 6.45) is 1.68. The van der Waals surface area contributed by atoms with E-state index in [1.54, 1.807) is 13.2 Å². The molecular weight excluding hydrogens is 334 g/mol. The summed E-state index contributed by atoms with van der Waals surface area (Å²) < 4.78 is 11.7. The Labute approximate surface area is 128 Å². The fraction of sp³-hybridized carbons (Fsp3) is 0.385. The van der Waals surface area contributed by atoms with Crippen LogP contribution in [0.3, 0.4) is 0 Å². The second kappa shape index (κ2) is 10.1. The van der Waals surface area contributed by atoms with Gasteiger partial charge in [-0.1, -0.05) is 12.7 Å². The van der Waals surface area contributed by atoms with Gasteiger partial charge in [0.15, 0.2) is 11.5 Å². The van der Waals surface area contributed by atoms with Gasteiger partial charge >= 0.3 is 0 Å². The second-order valence-electron chi connectivity index (χ2n) is 3.61. The van der Waals surface area contributed by atoms with Crippen molar-refractivity contribution in [3.8, 4) is 11.5 Å². The molecule has 19 heavy (non-hydrogen) atoms. The quantitative estimate of drug-likeness (QED) is 0.557. The molecule has 0 radical (unpaired) electrons. The molecule has 2 N–H and O–H groups in total. The second-order valence-corrected chi connectivity index (χ2v) is 4.46. The van der Waals surface area contributed by atoms with Gasteiger partial charge in [-0.25, -0.2) is 0 Å². The summed E-state index contributed by atoms with van der Waals surface area (Å²) in [5.74, 6) is 1.34. The monoisotopic (exact) mass is 351 g/mol. The number of aliphatic hydroxyl groups is 1. The van der Waals surface area contributed by atoms with Crippen LogP contribution in [0.2, 0.25) is 0 Å². The Balaban J connectivity index is 0.00000324. The minimum absolute atomic E-state index is 0. The lowest BCUT2D eigenvalue weighted by atomic mass is 10.2. The Kier molecular flexibility index (Phi) is 9.69. The molecule has 0 aliphatic carbocycles. The molecule has 0 fully saturated rings. The van der Waals surface area contributed by atoms with Crippen LogP contribution in [0.15, 0.2) is 29.3 Å². The van der Waals surface area contributed by atoms with Crippen molar-refractivity contribution in [2.24, 2.45) is 0 Å². The molecule has 6 heteroatoms. The smallest absolute Gasteiger partial charge is 0.175 e. The minimum atomic E-state index is 0. The third kappa shape index (κ3) is 5.82. The Hall–Kier alpha value is -0.750. The van der Waals surface area contributed by atoms with Crippen LogP contribution in [0.1, 0.15) is 5.56 Å². The molecular formula is C13H19BrClNO3. The van der Waals surface area contributed by atoms with Gasteiger partial charge in [0.05, 0.1) is 18.2 Å². The Bertz CT molecular complexity index is 402. The number of hydrogen-bond acceptors (Lipinski definition) is 4. The highest BCUT2D eigenvalue weighted by Gasteiger charge is 2.11. The first kappa shape index (κ1) is 18.2. The lowest BCUT2D eigenvalue weighted by molar-refractivity contribution is 0.292. The number of nitrogens with one attached hydrogen (secondary N) is 1. The highest BCUT2D eigenvalue weighted by Crippen LogP contribution is 2.36. The lowest BCUT2D eigenvalue weighted by Gasteiger charge is -2.13. The number of benzene rings is 1. The number of halogens is 2. The number of methoxy groups -OCH3 is 1. The SMILES string of the molecule is C=CCOc1c(Br)cc(CNCCO)cc1OC.Cl. The molecule has 0 amide bonds. The zero-order chi connectivity index (χ0) is 13.4. The number of aliphatic hydroxyl groups excluding tert-OH is 1. The van der Waals surface area contributed by atoms with E-state index in [1.807, 2.05) is 12.1 Å². The van der Waals surface area contributed by atoms with Gasteiger partial charge in [0, 0.05) is 13.1 Å². The zero-order valence-corrected chi connectivity index (χ0v) is 13.2. The van der Waals surface area contributed by atoms with E-state index in [2.05, 4.69) is 27.8 Å². The van der Waals surface area contributed by atoms with Crippen molar-refractivity contribution < 1.29 is 14.6 Å². The fourth-order valence-electron chi connectivity index (χ4n) is 1.47. The van der Waals surface area contributed by atoms with Crippen LogP contribution in [-0.4, -0.2) is 32.0 Å². The van der Waals surface area contributed by atoms with Crippen LogP contribution in [0.25, 0.3) is 0 Å². The normalized spacial score (nSPS) is 9.63. The third-order valence-electron chi connectivity index (χ3n) is 2.25. The number of rotatable bonds is 8. The van der Waals surface area contributed by atoms with Crippen molar-refractivity contribution in [2.75, 3.05) is 26.9 Å². The molecule has 0 unspecified atom stereocenters. The van der Waals surface area contributed by atoms with Gasteiger partial charge in [-0.2, -0.15) is 0 Å². The maximum Gasteiger partial charge on any atom is 0.175 e. The molecule has 0 aliphatic rings. The van der Waals surface area contributed by atoms with E-state index in [4.69, 9.17) is 14.6 Å². The van der Waals surface area contributed by atoms with Crippen LogP contribution < -0.4 is 14.8 Å². The molecule has 0 heterocycles. The van der Waals surface area contributed by atoms with Crippen LogP contribution >= 0.6 is 28.3 Å². The molecule has 0 atom stereocenters. The first-order valence-electron chi connectivity index (χ1n) is 5.64. The van der Waals surface area contributed by atoms with Crippen molar-refractivity contribution in [2.45, 2.75) is 6.54 Å². The Morgan fingerprint density at radius 1 is 1.47 bits per heavy atom. The summed E-state index contributed by atoms with van der Waals surface area (Å²) in [5, 5.41) is 11.8. The van der Waals surface area contributed by atoms with Crippen LogP contribution in [0, 0.1) is 0 Å². The molecule has 4 nitrogen and oxygen atoms in total. The van der Waals surface area contributed by atoms with E-state index in [9.17, 15) is 0 Å².